The number of rotatable bonds is 7. The van der Waals surface area contributed by atoms with Crippen molar-refractivity contribution in [3.8, 4) is 5.75 Å². The van der Waals surface area contributed by atoms with E-state index in [0.29, 0.717) is 24.2 Å². The number of carbonyl (C=O) groups excluding carboxylic acids is 2. The van der Waals surface area contributed by atoms with Crippen LogP contribution in [-0.2, 0) is 9.53 Å². The topological polar surface area (TPSA) is 84.9 Å². The second kappa shape index (κ2) is 8.16. The predicted molar refractivity (Wildman–Crippen MR) is 72.6 cm³/mol. The molecule has 1 aromatic rings. The molecule has 0 saturated carbocycles. The zero-order chi connectivity index (χ0) is 15.0. The van der Waals surface area contributed by atoms with Gasteiger partial charge in [0, 0.05) is 12.2 Å². The van der Waals surface area contributed by atoms with Gasteiger partial charge >= 0.3 is 5.97 Å². The molecule has 0 aromatic heterocycles. The smallest absolute Gasteiger partial charge is 0.328 e. The molecule has 20 heavy (non-hydrogen) atoms. The van der Waals surface area contributed by atoms with Crippen LogP contribution < -0.4 is 10.1 Å². The molecule has 0 aliphatic rings. The molecule has 6 nitrogen and oxygen atoms in total. The maximum absolute atomic E-state index is 12.0. The lowest BCUT2D eigenvalue weighted by Crippen LogP contribution is -2.41. The highest BCUT2D eigenvalue weighted by atomic mass is 16.5. The molecule has 110 valence electrons. The average Bonchev–Trinajstić information content (AvgIpc) is 2.50. The van der Waals surface area contributed by atoms with E-state index in [9.17, 15) is 9.59 Å². The van der Waals surface area contributed by atoms with Crippen molar-refractivity contribution < 1.29 is 24.2 Å². The van der Waals surface area contributed by atoms with Crippen molar-refractivity contribution in [3.05, 3.63) is 29.8 Å². The van der Waals surface area contributed by atoms with E-state index in [1.165, 1.54) is 14.2 Å². The van der Waals surface area contributed by atoms with Crippen molar-refractivity contribution >= 4 is 11.9 Å². The summed E-state index contributed by atoms with van der Waals surface area (Å²) < 4.78 is 9.63. The average molecular weight is 281 g/mol. The van der Waals surface area contributed by atoms with Crippen LogP contribution in [0.25, 0.3) is 0 Å². The molecular weight excluding hydrogens is 262 g/mol. The molecule has 0 spiro atoms. The van der Waals surface area contributed by atoms with Gasteiger partial charge in [-0.1, -0.05) is 0 Å². The summed E-state index contributed by atoms with van der Waals surface area (Å²) in [6.45, 7) is -0.0497. The van der Waals surface area contributed by atoms with E-state index >= 15 is 0 Å². The van der Waals surface area contributed by atoms with Crippen LogP contribution in [0, 0.1) is 0 Å². The maximum atomic E-state index is 12.0. The molecule has 0 radical (unpaired) electrons. The molecule has 1 amide bonds. The van der Waals surface area contributed by atoms with E-state index < -0.39 is 12.0 Å². The van der Waals surface area contributed by atoms with E-state index in [-0.39, 0.29) is 12.5 Å². The number of aliphatic hydroxyl groups is 1. The van der Waals surface area contributed by atoms with Gasteiger partial charge < -0.3 is 19.9 Å². The lowest BCUT2D eigenvalue weighted by molar-refractivity contribution is -0.143. The fourth-order valence-electron chi connectivity index (χ4n) is 1.67. The quantitative estimate of drug-likeness (QED) is 0.720. The Balaban J connectivity index is 2.70. The fraction of sp³-hybridized carbons (Fsp3) is 0.429. The van der Waals surface area contributed by atoms with Crippen molar-refractivity contribution in [3.63, 3.8) is 0 Å². The van der Waals surface area contributed by atoms with E-state index in [0.717, 1.165) is 0 Å². The van der Waals surface area contributed by atoms with Gasteiger partial charge in [-0.05, 0) is 37.1 Å². The molecule has 0 aliphatic carbocycles. The Kier molecular flexibility index (Phi) is 6.52. The fourth-order valence-corrected chi connectivity index (χ4v) is 1.67. The highest BCUT2D eigenvalue weighted by molar-refractivity contribution is 5.96. The molecule has 0 fully saturated rings. The molecule has 1 rings (SSSR count). The third kappa shape index (κ3) is 4.55. The number of ether oxygens (including phenoxy) is 2. The molecule has 0 saturated heterocycles. The van der Waals surface area contributed by atoms with Crippen molar-refractivity contribution in [1.29, 1.82) is 0 Å². The molecule has 2 N–H and O–H groups in total. The number of amides is 1. The summed E-state index contributed by atoms with van der Waals surface area (Å²) in [5.74, 6) is -0.257. The van der Waals surface area contributed by atoms with Crippen LogP contribution in [0.2, 0.25) is 0 Å². The van der Waals surface area contributed by atoms with E-state index in [1.807, 2.05) is 0 Å². The third-order valence-corrected chi connectivity index (χ3v) is 2.79. The minimum Gasteiger partial charge on any atom is -0.497 e. The van der Waals surface area contributed by atoms with Crippen LogP contribution in [0.1, 0.15) is 23.2 Å². The molecule has 1 aromatic carbocycles. The minimum atomic E-state index is -0.762. The first-order valence-electron chi connectivity index (χ1n) is 6.26. The Bertz CT molecular complexity index is 443. The number of carbonyl (C=O) groups is 2. The SMILES string of the molecule is COC(=O)[C@H](CCCO)NC(=O)c1ccc(OC)cc1. The Hall–Kier alpha value is -2.08. The zero-order valence-corrected chi connectivity index (χ0v) is 11.6. The molecular formula is C14H19NO5. The molecule has 0 unspecified atom stereocenters. The second-order valence-corrected chi connectivity index (χ2v) is 4.14. The van der Waals surface area contributed by atoms with Crippen LogP contribution in [-0.4, -0.2) is 43.9 Å². The van der Waals surface area contributed by atoms with Crippen molar-refractivity contribution in [2.24, 2.45) is 0 Å². The molecule has 0 aliphatic heterocycles. The van der Waals surface area contributed by atoms with Crippen LogP contribution in [0.4, 0.5) is 0 Å². The van der Waals surface area contributed by atoms with Gasteiger partial charge in [0.25, 0.3) is 5.91 Å². The van der Waals surface area contributed by atoms with E-state index in [2.05, 4.69) is 10.1 Å². The van der Waals surface area contributed by atoms with Gasteiger partial charge in [0.05, 0.1) is 14.2 Å². The van der Waals surface area contributed by atoms with E-state index in [4.69, 9.17) is 9.84 Å². The normalized spacial score (nSPS) is 11.6. The first-order chi connectivity index (χ1) is 9.62. The number of aliphatic hydroxyl groups excluding tert-OH is 1. The number of hydrogen-bond acceptors (Lipinski definition) is 5. The lowest BCUT2D eigenvalue weighted by Gasteiger charge is -2.16. The first kappa shape index (κ1) is 16.0. The van der Waals surface area contributed by atoms with Gasteiger partial charge in [0.1, 0.15) is 11.8 Å². The van der Waals surface area contributed by atoms with Crippen LogP contribution >= 0.6 is 0 Å². The summed E-state index contributed by atoms with van der Waals surface area (Å²) in [6.07, 6.45) is 0.730. The van der Waals surface area contributed by atoms with Crippen molar-refractivity contribution in [2.75, 3.05) is 20.8 Å². The summed E-state index contributed by atoms with van der Waals surface area (Å²) in [7, 11) is 2.80. The van der Waals surface area contributed by atoms with Gasteiger partial charge in [0.2, 0.25) is 0 Å². The van der Waals surface area contributed by atoms with Crippen LogP contribution in [0.3, 0.4) is 0 Å². The Morgan fingerprint density at radius 3 is 2.40 bits per heavy atom. The van der Waals surface area contributed by atoms with Crippen LogP contribution in [0.5, 0.6) is 5.75 Å². The highest BCUT2D eigenvalue weighted by Crippen LogP contribution is 2.11. The van der Waals surface area contributed by atoms with Crippen molar-refractivity contribution in [2.45, 2.75) is 18.9 Å². The summed E-state index contributed by atoms with van der Waals surface area (Å²) in [6, 6.07) is 5.77. The largest absolute Gasteiger partial charge is 0.497 e. The Morgan fingerprint density at radius 1 is 1.25 bits per heavy atom. The summed E-state index contributed by atoms with van der Waals surface area (Å²) >= 11 is 0. The first-order valence-corrected chi connectivity index (χ1v) is 6.26. The molecule has 6 heteroatoms. The number of benzene rings is 1. The monoisotopic (exact) mass is 281 g/mol. The highest BCUT2D eigenvalue weighted by Gasteiger charge is 2.21. The van der Waals surface area contributed by atoms with Gasteiger partial charge in [-0.25, -0.2) is 4.79 Å². The maximum Gasteiger partial charge on any atom is 0.328 e. The number of methoxy groups -OCH3 is 2. The van der Waals surface area contributed by atoms with Gasteiger partial charge in [0.15, 0.2) is 0 Å². The van der Waals surface area contributed by atoms with Crippen LogP contribution in [0.15, 0.2) is 24.3 Å². The number of esters is 1. The second-order valence-electron chi connectivity index (χ2n) is 4.14. The zero-order valence-electron chi connectivity index (χ0n) is 11.6. The molecule has 0 heterocycles. The Labute approximate surface area is 117 Å². The van der Waals surface area contributed by atoms with Gasteiger partial charge in [-0.3, -0.25) is 4.79 Å². The number of hydrogen-bond donors (Lipinski definition) is 2. The summed E-state index contributed by atoms with van der Waals surface area (Å²) in [5, 5.41) is 11.4. The lowest BCUT2D eigenvalue weighted by atomic mass is 10.1. The minimum absolute atomic E-state index is 0.0497. The summed E-state index contributed by atoms with van der Waals surface area (Å²) in [4.78, 5) is 23.6. The standard InChI is InChI=1S/C14H19NO5/c1-19-11-7-5-10(6-8-11)13(17)15-12(4-3-9-16)14(18)20-2/h5-8,12,16H,3-4,9H2,1-2H3,(H,15,17)/t12-/m0/s1. The molecule has 0 bridgehead atoms. The van der Waals surface area contributed by atoms with Gasteiger partial charge in [-0.2, -0.15) is 0 Å². The number of nitrogens with one attached hydrogen (secondary N) is 1. The van der Waals surface area contributed by atoms with E-state index in [1.54, 1.807) is 24.3 Å². The summed E-state index contributed by atoms with van der Waals surface area (Å²) in [5.41, 5.74) is 0.420. The van der Waals surface area contributed by atoms with Crippen molar-refractivity contribution in [1.82, 2.24) is 5.32 Å². The third-order valence-electron chi connectivity index (χ3n) is 2.79. The van der Waals surface area contributed by atoms with Gasteiger partial charge in [-0.15, -0.1) is 0 Å². The Morgan fingerprint density at radius 2 is 1.90 bits per heavy atom. The molecule has 1 atom stereocenters. The predicted octanol–water partition coefficient (Wildman–Crippen LogP) is 0.739.